The Kier molecular flexibility index (Phi) is 134. The minimum Gasteiger partial charge on any atom is -1.00 e. The van der Waals surface area contributed by atoms with Gasteiger partial charge in [-0.05, 0) is 154 Å². The van der Waals surface area contributed by atoms with Gasteiger partial charge in [0.2, 0.25) is 0 Å². The van der Waals surface area contributed by atoms with Crippen molar-refractivity contribution in [2.45, 2.75) is 474 Å². The molecule has 12 heteroatoms. The van der Waals surface area contributed by atoms with Crippen LogP contribution in [0.4, 0.5) is 0 Å². The SMILES string of the molecule is CCCC[N+](CCCC)(CCCC)CCCC.CCCC[N+](CCCC)(CCCC)CCCC.CCCC[N+](CCCC)(CCCC)CCCC.CCCC[N+](CCCC)(CCCC)CCCC.CCCC[N+](CCCC)(CCCC)CCCC.CCCC[N+](CCCC)(CCCC)CCCC.[Br-].[Br-].[Br-].[Br-].[Br-].[Br-]. The highest BCUT2D eigenvalue weighted by molar-refractivity contribution is 4.56. The minimum atomic E-state index is 0. The molecule has 0 unspecified atom stereocenters. The highest BCUT2D eigenvalue weighted by atomic mass is 79.9. The summed E-state index contributed by atoms with van der Waals surface area (Å²) >= 11 is 0. The van der Waals surface area contributed by atoms with Crippen molar-refractivity contribution in [3.05, 3.63) is 0 Å². The maximum atomic E-state index is 2.33. The molecule has 0 aromatic carbocycles. The number of hydrogen-bond donors (Lipinski definition) is 0. The molecule has 0 atom stereocenters. The van der Waals surface area contributed by atoms with Crippen molar-refractivity contribution < 1.29 is 129 Å². The van der Waals surface area contributed by atoms with Gasteiger partial charge in [0, 0.05) is 0 Å². The maximum absolute atomic E-state index is 2.33. The van der Waals surface area contributed by atoms with Crippen molar-refractivity contribution in [1.82, 2.24) is 0 Å². The normalized spacial score (nSPS) is 11.3. The van der Waals surface area contributed by atoms with E-state index in [4.69, 9.17) is 0 Å². The van der Waals surface area contributed by atoms with Crippen molar-refractivity contribution >= 4 is 0 Å². The van der Waals surface area contributed by atoms with E-state index in [1.54, 1.807) is 0 Å². The van der Waals surface area contributed by atoms with Crippen LogP contribution in [0.1, 0.15) is 474 Å². The number of halogens is 6. The van der Waals surface area contributed by atoms with Crippen LogP contribution in [0.3, 0.4) is 0 Å². The van der Waals surface area contributed by atoms with E-state index in [2.05, 4.69) is 166 Å². The van der Waals surface area contributed by atoms with Crippen LogP contribution in [-0.2, 0) is 0 Å². The zero-order valence-corrected chi connectivity index (χ0v) is 89.4. The van der Waals surface area contributed by atoms with Crippen LogP contribution in [-0.4, -0.2) is 184 Å². The second kappa shape index (κ2) is 106. The zero-order chi connectivity index (χ0) is 77.9. The lowest BCUT2D eigenvalue weighted by atomic mass is 10.1. The lowest BCUT2D eigenvalue weighted by Gasteiger charge is -2.39. The average Bonchev–Trinajstić information content (AvgIpc) is 0.926. The fourth-order valence-corrected chi connectivity index (χ4v) is 15.9. The predicted molar refractivity (Wildman–Crippen MR) is 476 cm³/mol. The van der Waals surface area contributed by atoms with E-state index in [1.165, 1.54) is 492 Å². The first-order valence-electron chi connectivity index (χ1n) is 48.6. The van der Waals surface area contributed by atoms with Crippen LogP contribution in [0, 0.1) is 0 Å². The van der Waals surface area contributed by atoms with Crippen LogP contribution in [0.2, 0.25) is 0 Å². The molecule has 0 bridgehead atoms. The Balaban J connectivity index is -0.000000101. The monoisotopic (exact) mass is 1930 g/mol. The van der Waals surface area contributed by atoms with Crippen molar-refractivity contribution in [2.75, 3.05) is 157 Å². The molecule has 108 heavy (non-hydrogen) atoms. The van der Waals surface area contributed by atoms with E-state index in [-0.39, 0.29) is 102 Å². The Hall–Kier alpha value is 2.64. The third-order valence-electron chi connectivity index (χ3n) is 23.7. The fraction of sp³-hybridized carbons (Fsp3) is 1.00. The molecule has 6 nitrogen and oxygen atoms in total. The van der Waals surface area contributed by atoms with Gasteiger partial charge in [0.15, 0.2) is 0 Å². The molecule has 0 aliphatic carbocycles. The molecular weight excluding hydrogens is 1720 g/mol. The Morgan fingerprint density at radius 1 is 0.0833 bits per heavy atom. The quantitative estimate of drug-likeness (QED) is 0.0533. The third-order valence-corrected chi connectivity index (χ3v) is 23.7. The van der Waals surface area contributed by atoms with Gasteiger partial charge >= 0.3 is 0 Å². The van der Waals surface area contributed by atoms with Gasteiger partial charge in [-0.15, -0.1) is 0 Å². The molecule has 0 saturated carbocycles. The molecule has 0 radical (unpaired) electrons. The van der Waals surface area contributed by atoms with Crippen LogP contribution in [0.25, 0.3) is 0 Å². The summed E-state index contributed by atoms with van der Waals surface area (Å²) in [6, 6.07) is 0. The van der Waals surface area contributed by atoms with E-state index >= 15 is 0 Å². The number of nitrogens with zero attached hydrogens (tertiary/aromatic N) is 6. The smallest absolute Gasteiger partial charge is 0.0786 e. The second-order valence-corrected chi connectivity index (χ2v) is 33.9. The lowest BCUT2D eigenvalue weighted by molar-refractivity contribution is -0.929. The number of quaternary nitrogens is 6. The summed E-state index contributed by atoms with van der Waals surface area (Å²) < 4.78 is 8.52. The van der Waals surface area contributed by atoms with Crippen LogP contribution in [0.15, 0.2) is 0 Å². The molecule has 0 aromatic rings. The first-order valence-corrected chi connectivity index (χ1v) is 48.6. The topological polar surface area (TPSA) is 0 Å². The molecule has 0 rings (SSSR count). The number of unbranched alkanes of at least 4 members (excludes halogenated alkanes) is 24. The second-order valence-electron chi connectivity index (χ2n) is 33.9. The van der Waals surface area contributed by atoms with Gasteiger partial charge in [-0.25, -0.2) is 0 Å². The number of hydrogen-bond acceptors (Lipinski definition) is 0. The van der Waals surface area contributed by atoms with E-state index < -0.39 is 0 Å². The molecule has 0 heterocycles. The molecule has 0 aliphatic heterocycles. The molecular formula is C96H216Br6N6. The van der Waals surface area contributed by atoms with Crippen molar-refractivity contribution in [1.29, 1.82) is 0 Å². The summed E-state index contributed by atoms with van der Waals surface area (Å²) in [5.41, 5.74) is 0. The summed E-state index contributed by atoms with van der Waals surface area (Å²) in [6.45, 7) is 90.1. The van der Waals surface area contributed by atoms with E-state index in [0.717, 1.165) is 0 Å². The standard InChI is InChI=1S/6C16H36N.6BrH/c6*1-5-9-13-17(14-10-6-2,15-11-7-3)16-12-8-4;;;;;;/h6*5-16H2,1-4H3;6*1H/q6*+1;;;;;;/p-6. The highest BCUT2D eigenvalue weighted by Crippen LogP contribution is 2.23. The van der Waals surface area contributed by atoms with E-state index in [1.807, 2.05) is 0 Å². The summed E-state index contributed by atoms with van der Waals surface area (Å²) in [6.07, 6.45) is 66.4. The van der Waals surface area contributed by atoms with E-state index in [0.29, 0.717) is 0 Å². The first kappa shape index (κ1) is 137. The Morgan fingerprint density at radius 2 is 0.120 bits per heavy atom. The summed E-state index contributed by atoms with van der Waals surface area (Å²) in [5, 5.41) is 0. The molecule has 0 amide bonds. The van der Waals surface area contributed by atoms with Crippen molar-refractivity contribution in [2.24, 2.45) is 0 Å². The Bertz CT molecular complexity index is 1010. The molecule has 0 N–H and O–H groups in total. The van der Waals surface area contributed by atoms with Gasteiger partial charge in [0.05, 0.1) is 157 Å². The fourth-order valence-electron chi connectivity index (χ4n) is 15.9. The number of rotatable bonds is 72. The highest BCUT2D eigenvalue weighted by Gasteiger charge is 2.30. The molecule has 0 aromatic heterocycles. The molecule has 0 spiro atoms. The van der Waals surface area contributed by atoms with Gasteiger partial charge in [-0.2, -0.15) is 0 Å². The maximum Gasteiger partial charge on any atom is 0.0786 e. The van der Waals surface area contributed by atoms with Crippen LogP contribution >= 0.6 is 0 Å². The van der Waals surface area contributed by atoms with Gasteiger partial charge < -0.3 is 129 Å². The molecule has 672 valence electrons. The van der Waals surface area contributed by atoms with Gasteiger partial charge in [0.1, 0.15) is 0 Å². The largest absolute Gasteiger partial charge is 1.00 e. The molecule has 0 fully saturated rings. The van der Waals surface area contributed by atoms with Gasteiger partial charge in [-0.1, -0.05) is 320 Å². The Labute approximate surface area is 753 Å². The molecule has 0 aliphatic rings. The first-order chi connectivity index (χ1) is 49.5. The lowest BCUT2D eigenvalue weighted by Crippen LogP contribution is -3.00. The van der Waals surface area contributed by atoms with E-state index in [9.17, 15) is 0 Å². The zero-order valence-electron chi connectivity index (χ0n) is 79.9. The van der Waals surface area contributed by atoms with Crippen LogP contribution < -0.4 is 102 Å². The average molecular weight is 1930 g/mol. The van der Waals surface area contributed by atoms with Crippen LogP contribution in [0.5, 0.6) is 0 Å². The van der Waals surface area contributed by atoms with Crippen molar-refractivity contribution in [3.63, 3.8) is 0 Å². The summed E-state index contributed by atoms with van der Waals surface area (Å²) in [7, 11) is 0. The Morgan fingerprint density at radius 3 is 0.148 bits per heavy atom. The van der Waals surface area contributed by atoms with Gasteiger partial charge in [0.25, 0.3) is 0 Å². The summed E-state index contributed by atoms with van der Waals surface area (Å²) in [5.74, 6) is 0. The van der Waals surface area contributed by atoms with Crippen molar-refractivity contribution in [3.8, 4) is 0 Å². The minimum absolute atomic E-state index is 0. The van der Waals surface area contributed by atoms with Gasteiger partial charge in [-0.3, -0.25) is 0 Å². The predicted octanol–water partition coefficient (Wildman–Crippen LogP) is 12.0. The molecule has 0 saturated heterocycles. The third kappa shape index (κ3) is 83.7. The summed E-state index contributed by atoms with van der Waals surface area (Å²) in [4.78, 5) is 0.